The highest BCUT2D eigenvalue weighted by molar-refractivity contribution is 6.01. The van der Waals surface area contributed by atoms with E-state index in [2.05, 4.69) is 16.3 Å². The molecule has 2 aromatic rings. The first-order chi connectivity index (χ1) is 14.5. The van der Waals surface area contributed by atoms with Crippen LogP contribution in [-0.2, 0) is 4.79 Å². The molecule has 1 atom stereocenters. The zero-order chi connectivity index (χ0) is 21.5. The first-order valence-electron chi connectivity index (χ1n) is 10.4. The molecule has 2 aromatic carbocycles. The normalized spacial score (nSPS) is 15.3. The molecule has 0 spiro atoms. The molecule has 0 saturated carbocycles. The molecular formula is C24H28N4O2. The van der Waals surface area contributed by atoms with Crippen molar-refractivity contribution >= 4 is 11.8 Å². The third-order valence-electron chi connectivity index (χ3n) is 5.54. The zero-order valence-electron chi connectivity index (χ0n) is 17.6. The minimum absolute atomic E-state index is 0.0302. The number of carbonyl (C=O) groups is 2. The van der Waals surface area contributed by atoms with Gasteiger partial charge in [-0.1, -0.05) is 43.3 Å². The summed E-state index contributed by atoms with van der Waals surface area (Å²) in [5, 5.41) is 12.4. The molecule has 1 saturated heterocycles. The van der Waals surface area contributed by atoms with Gasteiger partial charge in [0.25, 0.3) is 5.91 Å². The molecule has 0 aliphatic carbocycles. The molecule has 1 heterocycles. The maximum Gasteiger partial charge on any atom is 0.254 e. The fraction of sp³-hybridized carbons (Fsp3) is 0.375. The van der Waals surface area contributed by atoms with Crippen molar-refractivity contribution in [2.24, 2.45) is 0 Å². The van der Waals surface area contributed by atoms with Crippen LogP contribution in [0.3, 0.4) is 0 Å². The van der Waals surface area contributed by atoms with Crippen LogP contribution in [0.1, 0.15) is 36.2 Å². The summed E-state index contributed by atoms with van der Waals surface area (Å²) in [5.41, 5.74) is 2.69. The smallest absolute Gasteiger partial charge is 0.254 e. The molecule has 1 aliphatic heterocycles. The van der Waals surface area contributed by atoms with E-state index in [-0.39, 0.29) is 17.9 Å². The molecule has 156 valence electrons. The molecule has 3 rings (SSSR count). The van der Waals surface area contributed by atoms with Crippen LogP contribution in [0.15, 0.2) is 48.5 Å². The third kappa shape index (κ3) is 5.05. The van der Waals surface area contributed by atoms with Crippen molar-refractivity contribution in [2.75, 3.05) is 32.7 Å². The van der Waals surface area contributed by atoms with E-state index in [0.717, 1.165) is 17.5 Å². The number of benzene rings is 2. The fourth-order valence-electron chi connectivity index (χ4n) is 3.62. The van der Waals surface area contributed by atoms with Gasteiger partial charge < -0.3 is 10.2 Å². The van der Waals surface area contributed by atoms with Gasteiger partial charge in [0.05, 0.1) is 18.2 Å². The van der Waals surface area contributed by atoms with E-state index in [1.165, 1.54) is 0 Å². The Hall–Kier alpha value is -3.17. The lowest BCUT2D eigenvalue weighted by Gasteiger charge is -2.34. The van der Waals surface area contributed by atoms with E-state index < -0.39 is 0 Å². The SMILES string of the molecule is CCC(C)NC(=O)CN1CCN(C(=O)c2ccccc2-c2ccccc2C#N)CC1. The van der Waals surface area contributed by atoms with Crippen LogP contribution in [0.25, 0.3) is 11.1 Å². The van der Waals surface area contributed by atoms with Crippen LogP contribution < -0.4 is 5.32 Å². The van der Waals surface area contributed by atoms with Gasteiger partial charge in [-0.25, -0.2) is 0 Å². The van der Waals surface area contributed by atoms with E-state index in [1.54, 1.807) is 6.07 Å². The lowest BCUT2D eigenvalue weighted by molar-refractivity contribution is -0.123. The zero-order valence-corrected chi connectivity index (χ0v) is 17.6. The maximum atomic E-state index is 13.3. The van der Waals surface area contributed by atoms with Crippen LogP contribution in [0.2, 0.25) is 0 Å². The van der Waals surface area contributed by atoms with Gasteiger partial charge in [0, 0.05) is 43.3 Å². The fourth-order valence-corrected chi connectivity index (χ4v) is 3.62. The average Bonchev–Trinajstić information content (AvgIpc) is 2.79. The Bertz CT molecular complexity index is 942. The van der Waals surface area contributed by atoms with Crippen molar-refractivity contribution in [1.29, 1.82) is 5.26 Å². The van der Waals surface area contributed by atoms with Crippen LogP contribution in [0.5, 0.6) is 0 Å². The molecular weight excluding hydrogens is 376 g/mol. The summed E-state index contributed by atoms with van der Waals surface area (Å²) in [6.07, 6.45) is 0.905. The molecule has 1 fully saturated rings. The van der Waals surface area contributed by atoms with E-state index >= 15 is 0 Å². The van der Waals surface area contributed by atoms with Crippen molar-refractivity contribution in [1.82, 2.24) is 15.1 Å². The van der Waals surface area contributed by atoms with Crippen LogP contribution in [-0.4, -0.2) is 60.4 Å². The van der Waals surface area contributed by atoms with E-state index in [1.807, 2.05) is 61.2 Å². The molecule has 2 amide bonds. The first kappa shape index (κ1) is 21.5. The van der Waals surface area contributed by atoms with Crippen molar-refractivity contribution < 1.29 is 9.59 Å². The molecule has 1 unspecified atom stereocenters. The Labute approximate surface area is 178 Å². The van der Waals surface area contributed by atoms with E-state index in [4.69, 9.17) is 0 Å². The molecule has 1 N–H and O–H groups in total. The number of hydrogen-bond acceptors (Lipinski definition) is 4. The Kier molecular flexibility index (Phi) is 7.21. The predicted octanol–water partition coefficient (Wildman–Crippen LogP) is 2.90. The number of piperazine rings is 1. The summed E-state index contributed by atoms with van der Waals surface area (Å²) < 4.78 is 0. The molecule has 6 heteroatoms. The summed E-state index contributed by atoms with van der Waals surface area (Å²) >= 11 is 0. The Balaban J connectivity index is 1.68. The van der Waals surface area contributed by atoms with Gasteiger partial charge in [0.15, 0.2) is 0 Å². The van der Waals surface area contributed by atoms with Crippen LogP contribution >= 0.6 is 0 Å². The predicted molar refractivity (Wildman–Crippen MR) is 117 cm³/mol. The molecule has 0 bridgehead atoms. The van der Waals surface area contributed by atoms with Gasteiger partial charge in [-0.2, -0.15) is 5.26 Å². The molecule has 6 nitrogen and oxygen atoms in total. The lowest BCUT2D eigenvalue weighted by atomic mass is 9.95. The molecule has 30 heavy (non-hydrogen) atoms. The Morgan fingerprint density at radius 3 is 2.33 bits per heavy atom. The highest BCUT2D eigenvalue weighted by Crippen LogP contribution is 2.28. The van der Waals surface area contributed by atoms with Crippen molar-refractivity contribution in [2.45, 2.75) is 26.3 Å². The average molecular weight is 405 g/mol. The monoisotopic (exact) mass is 404 g/mol. The molecule has 0 radical (unpaired) electrons. The summed E-state index contributed by atoms with van der Waals surface area (Å²) in [4.78, 5) is 29.3. The number of amides is 2. The number of nitrogens with one attached hydrogen (secondary N) is 1. The van der Waals surface area contributed by atoms with Gasteiger partial charge in [-0.05, 0) is 31.0 Å². The number of rotatable bonds is 6. The topological polar surface area (TPSA) is 76.4 Å². The summed E-state index contributed by atoms with van der Waals surface area (Å²) in [6.45, 7) is 6.87. The van der Waals surface area contributed by atoms with Crippen molar-refractivity contribution in [3.8, 4) is 17.2 Å². The van der Waals surface area contributed by atoms with Crippen molar-refractivity contribution in [3.63, 3.8) is 0 Å². The highest BCUT2D eigenvalue weighted by Gasteiger charge is 2.25. The minimum atomic E-state index is -0.0398. The molecule has 1 aliphatic rings. The summed E-state index contributed by atoms with van der Waals surface area (Å²) in [5.74, 6) is -0.00960. The first-order valence-corrected chi connectivity index (χ1v) is 10.4. The largest absolute Gasteiger partial charge is 0.353 e. The third-order valence-corrected chi connectivity index (χ3v) is 5.54. The maximum absolute atomic E-state index is 13.3. The summed E-state index contributed by atoms with van der Waals surface area (Å²) in [6, 6.07) is 17.2. The van der Waals surface area contributed by atoms with Crippen molar-refractivity contribution in [3.05, 3.63) is 59.7 Å². The van der Waals surface area contributed by atoms with Gasteiger partial charge in [-0.15, -0.1) is 0 Å². The number of carbonyl (C=O) groups excluding carboxylic acids is 2. The van der Waals surface area contributed by atoms with Gasteiger partial charge in [0.1, 0.15) is 0 Å². The van der Waals surface area contributed by atoms with E-state index in [0.29, 0.717) is 43.9 Å². The second-order valence-corrected chi connectivity index (χ2v) is 7.65. The van der Waals surface area contributed by atoms with Crippen LogP contribution in [0, 0.1) is 11.3 Å². The van der Waals surface area contributed by atoms with Crippen LogP contribution in [0.4, 0.5) is 0 Å². The van der Waals surface area contributed by atoms with Gasteiger partial charge in [0.2, 0.25) is 5.91 Å². The number of nitriles is 1. The Morgan fingerprint density at radius 2 is 1.67 bits per heavy atom. The standard InChI is InChI=1S/C24H28N4O2/c1-3-18(2)26-23(29)17-27-12-14-28(15-13-27)24(30)22-11-7-6-10-21(22)20-9-5-4-8-19(20)16-25/h4-11,18H,3,12-15,17H2,1-2H3,(H,26,29). The number of hydrogen-bond donors (Lipinski definition) is 1. The van der Waals surface area contributed by atoms with Gasteiger partial charge >= 0.3 is 0 Å². The minimum Gasteiger partial charge on any atom is -0.353 e. The highest BCUT2D eigenvalue weighted by atomic mass is 16.2. The quantitative estimate of drug-likeness (QED) is 0.803. The van der Waals surface area contributed by atoms with E-state index in [9.17, 15) is 14.9 Å². The lowest BCUT2D eigenvalue weighted by Crippen LogP contribution is -2.51. The molecule has 0 aromatic heterocycles. The second-order valence-electron chi connectivity index (χ2n) is 7.65. The second kappa shape index (κ2) is 10.0. The number of nitrogens with zero attached hydrogens (tertiary/aromatic N) is 3. The summed E-state index contributed by atoms with van der Waals surface area (Å²) in [7, 11) is 0. The Morgan fingerprint density at radius 1 is 1.03 bits per heavy atom. The van der Waals surface area contributed by atoms with Gasteiger partial charge in [-0.3, -0.25) is 14.5 Å².